The molecular formula is C22H36N6O7S. The third kappa shape index (κ3) is 10.6. The summed E-state index contributed by atoms with van der Waals surface area (Å²) in [5, 5.41) is 25.9. The summed E-state index contributed by atoms with van der Waals surface area (Å²) >= 11 is 1.44. The number of H-pyrrole nitrogens is 1. The van der Waals surface area contributed by atoms with Crippen molar-refractivity contribution >= 4 is 41.4 Å². The Bertz CT molecular complexity index is 882. The van der Waals surface area contributed by atoms with Gasteiger partial charge in [0.25, 0.3) is 0 Å². The molecule has 0 radical (unpaired) electrons. The maximum atomic E-state index is 13.2. The highest BCUT2D eigenvalue weighted by Gasteiger charge is 2.32. The Balaban J connectivity index is 3.04. The predicted octanol–water partition coefficient (Wildman–Crippen LogP) is -0.517. The number of imidazole rings is 1. The van der Waals surface area contributed by atoms with Gasteiger partial charge in [-0.15, -0.1) is 0 Å². The minimum absolute atomic E-state index is 0.00569. The van der Waals surface area contributed by atoms with Gasteiger partial charge in [-0.2, -0.15) is 11.8 Å². The average Bonchev–Trinajstić information content (AvgIpc) is 3.35. The second-order valence-electron chi connectivity index (χ2n) is 8.43. The molecule has 1 aromatic rings. The van der Waals surface area contributed by atoms with E-state index in [1.54, 1.807) is 6.92 Å². The van der Waals surface area contributed by atoms with Gasteiger partial charge >= 0.3 is 11.9 Å². The van der Waals surface area contributed by atoms with Crippen molar-refractivity contribution in [3.8, 4) is 0 Å². The lowest BCUT2D eigenvalue weighted by Crippen LogP contribution is -2.59. The molecule has 14 heteroatoms. The molecule has 8 N–H and O–H groups in total. The van der Waals surface area contributed by atoms with Crippen LogP contribution < -0.4 is 21.7 Å². The predicted molar refractivity (Wildman–Crippen MR) is 133 cm³/mol. The van der Waals surface area contributed by atoms with Crippen molar-refractivity contribution in [2.45, 2.75) is 70.1 Å². The number of aliphatic carboxylic acids is 2. The second kappa shape index (κ2) is 15.8. The minimum atomic E-state index is -1.19. The number of amides is 3. The summed E-state index contributed by atoms with van der Waals surface area (Å²) < 4.78 is 0. The van der Waals surface area contributed by atoms with E-state index in [0.29, 0.717) is 17.9 Å². The second-order valence-corrected chi connectivity index (χ2v) is 9.42. The first-order chi connectivity index (χ1) is 17.0. The van der Waals surface area contributed by atoms with Crippen LogP contribution in [-0.4, -0.2) is 86.0 Å². The number of rotatable bonds is 17. The highest BCUT2D eigenvalue weighted by atomic mass is 32.2. The Morgan fingerprint density at radius 2 is 1.72 bits per heavy atom. The summed E-state index contributed by atoms with van der Waals surface area (Å²) in [6.45, 7) is 3.56. The molecule has 13 nitrogen and oxygen atoms in total. The van der Waals surface area contributed by atoms with Crippen molar-refractivity contribution in [3.63, 3.8) is 0 Å². The molecule has 5 unspecified atom stereocenters. The van der Waals surface area contributed by atoms with E-state index in [2.05, 4.69) is 25.9 Å². The smallest absolute Gasteiger partial charge is 0.326 e. The number of nitrogens with zero attached hydrogens (tertiary/aromatic N) is 1. The zero-order valence-electron chi connectivity index (χ0n) is 20.7. The molecule has 0 aromatic carbocycles. The molecule has 1 heterocycles. The van der Waals surface area contributed by atoms with Gasteiger partial charge in [0.05, 0.1) is 12.4 Å². The highest BCUT2D eigenvalue weighted by molar-refractivity contribution is 7.98. The van der Waals surface area contributed by atoms with Crippen LogP contribution in [0.25, 0.3) is 0 Å². The SMILES string of the molecule is CCC(C)C(NC(=O)C(N)CCC(=O)O)C(=O)NC(Cc1cnc[nH]1)C(=O)NC(CCSC)C(=O)O. The standard InChI is InChI=1S/C22H36N6O7S/c1-4-12(2)18(28-19(31)14(23)5-6-17(29)30)21(33)27-16(9-13-10-24-11-25-13)20(32)26-15(22(34)35)7-8-36-3/h10-12,14-16,18H,4-9,23H2,1-3H3,(H,24,25)(H,26,32)(H,27,33)(H,28,31)(H,29,30)(H,34,35). The van der Waals surface area contributed by atoms with Crippen LogP contribution in [0.15, 0.2) is 12.5 Å². The van der Waals surface area contributed by atoms with E-state index in [-0.39, 0.29) is 31.6 Å². The van der Waals surface area contributed by atoms with Crippen molar-refractivity contribution in [2.24, 2.45) is 11.7 Å². The van der Waals surface area contributed by atoms with Crippen molar-refractivity contribution < 1.29 is 34.2 Å². The van der Waals surface area contributed by atoms with Gasteiger partial charge in [-0.25, -0.2) is 9.78 Å². The monoisotopic (exact) mass is 528 g/mol. The molecule has 0 aliphatic heterocycles. The number of aromatic nitrogens is 2. The molecule has 0 saturated carbocycles. The number of carboxylic acid groups (broad SMARTS) is 2. The molecule has 36 heavy (non-hydrogen) atoms. The van der Waals surface area contributed by atoms with E-state index in [0.717, 1.165) is 0 Å². The fourth-order valence-corrected chi connectivity index (χ4v) is 3.70. The highest BCUT2D eigenvalue weighted by Crippen LogP contribution is 2.11. The maximum Gasteiger partial charge on any atom is 0.326 e. The first-order valence-electron chi connectivity index (χ1n) is 11.6. The van der Waals surface area contributed by atoms with E-state index >= 15 is 0 Å². The van der Waals surface area contributed by atoms with E-state index in [4.69, 9.17) is 10.8 Å². The molecule has 5 atom stereocenters. The molecular weight excluding hydrogens is 492 g/mol. The topological polar surface area (TPSA) is 217 Å². The fraction of sp³-hybridized carbons (Fsp3) is 0.636. The van der Waals surface area contributed by atoms with Crippen LogP contribution in [0.2, 0.25) is 0 Å². The lowest BCUT2D eigenvalue weighted by atomic mass is 9.97. The third-order valence-corrected chi connectivity index (χ3v) is 6.28. The number of carbonyl (C=O) groups is 5. The number of thioether (sulfide) groups is 1. The molecule has 1 rings (SSSR count). The molecule has 1 aromatic heterocycles. The van der Waals surface area contributed by atoms with E-state index in [1.807, 2.05) is 13.2 Å². The summed E-state index contributed by atoms with van der Waals surface area (Å²) in [5.41, 5.74) is 6.31. The quantitative estimate of drug-likeness (QED) is 0.137. The van der Waals surface area contributed by atoms with Gasteiger partial charge in [0.2, 0.25) is 17.7 Å². The normalized spacial score (nSPS) is 15.1. The van der Waals surface area contributed by atoms with Crippen molar-refractivity contribution in [1.82, 2.24) is 25.9 Å². The van der Waals surface area contributed by atoms with Gasteiger partial charge in [0.1, 0.15) is 18.1 Å². The number of nitrogens with one attached hydrogen (secondary N) is 4. The van der Waals surface area contributed by atoms with Crippen molar-refractivity contribution in [1.29, 1.82) is 0 Å². The number of hydrogen-bond acceptors (Lipinski definition) is 8. The first kappa shape index (κ1) is 30.9. The lowest BCUT2D eigenvalue weighted by molar-refractivity contribution is -0.142. The number of aromatic amines is 1. The van der Waals surface area contributed by atoms with Crippen LogP contribution in [-0.2, 0) is 30.4 Å². The third-order valence-electron chi connectivity index (χ3n) is 5.64. The minimum Gasteiger partial charge on any atom is -0.481 e. The largest absolute Gasteiger partial charge is 0.481 e. The van der Waals surface area contributed by atoms with Crippen molar-refractivity contribution in [2.75, 3.05) is 12.0 Å². The first-order valence-corrected chi connectivity index (χ1v) is 13.0. The zero-order valence-corrected chi connectivity index (χ0v) is 21.5. The number of nitrogens with two attached hydrogens (primary N) is 1. The van der Waals surface area contributed by atoms with Crippen LogP contribution in [0, 0.1) is 5.92 Å². The molecule has 202 valence electrons. The molecule has 0 bridgehead atoms. The Kier molecular flexibility index (Phi) is 13.5. The number of hydrogen-bond donors (Lipinski definition) is 7. The maximum absolute atomic E-state index is 13.2. The van der Waals surface area contributed by atoms with Gasteiger partial charge < -0.3 is 36.9 Å². The molecule has 0 aliphatic carbocycles. The van der Waals surface area contributed by atoms with Gasteiger partial charge in [-0.3, -0.25) is 19.2 Å². The van der Waals surface area contributed by atoms with Gasteiger partial charge in [0.15, 0.2) is 0 Å². The summed E-state index contributed by atoms with van der Waals surface area (Å²) in [6, 6.07) is -4.47. The van der Waals surface area contributed by atoms with Crippen LogP contribution in [0.1, 0.15) is 45.2 Å². The summed E-state index contributed by atoms with van der Waals surface area (Å²) in [5.74, 6) is -4.15. The zero-order chi connectivity index (χ0) is 27.3. The molecule has 0 saturated heterocycles. The van der Waals surface area contributed by atoms with Gasteiger partial charge in [0, 0.05) is 24.7 Å². The lowest BCUT2D eigenvalue weighted by Gasteiger charge is -2.28. The Hall–Kier alpha value is -3.13. The average molecular weight is 529 g/mol. The van der Waals surface area contributed by atoms with Crippen LogP contribution in [0.4, 0.5) is 0 Å². The van der Waals surface area contributed by atoms with E-state index in [1.165, 1.54) is 24.3 Å². The Labute approximate surface area is 213 Å². The molecule has 0 spiro atoms. The van der Waals surface area contributed by atoms with Crippen molar-refractivity contribution in [3.05, 3.63) is 18.2 Å². The van der Waals surface area contributed by atoms with Gasteiger partial charge in [-0.1, -0.05) is 20.3 Å². The number of carbonyl (C=O) groups excluding carboxylic acids is 3. The van der Waals surface area contributed by atoms with E-state index < -0.39 is 53.8 Å². The van der Waals surface area contributed by atoms with Crippen LogP contribution in [0.3, 0.4) is 0 Å². The summed E-state index contributed by atoms with van der Waals surface area (Å²) in [4.78, 5) is 67.9. The fourth-order valence-electron chi connectivity index (χ4n) is 3.22. The van der Waals surface area contributed by atoms with Gasteiger partial charge in [-0.05, 0) is 30.8 Å². The molecule has 0 fully saturated rings. The summed E-state index contributed by atoms with van der Waals surface area (Å²) in [7, 11) is 0. The molecule has 0 aliphatic rings. The molecule has 3 amide bonds. The Morgan fingerprint density at radius 3 is 2.25 bits per heavy atom. The summed E-state index contributed by atoms with van der Waals surface area (Å²) in [6.07, 6.45) is 5.01. The Morgan fingerprint density at radius 1 is 1.06 bits per heavy atom. The van der Waals surface area contributed by atoms with Crippen LogP contribution in [0.5, 0.6) is 0 Å². The number of carboxylic acids is 2. The van der Waals surface area contributed by atoms with E-state index in [9.17, 15) is 29.1 Å². The van der Waals surface area contributed by atoms with Crippen LogP contribution >= 0.6 is 11.8 Å².